The summed E-state index contributed by atoms with van der Waals surface area (Å²) in [5, 5.41) is 9.81. The topological polar surface area (TPSA) is 68.8 Å². The standard InChI is InChI=1S/C25H26Cl2N6O/c1-16(2)33-23-6-3-18(14-22(23)29-30-33)25(34)31-10-7-17(8-11-31)24-28-9-12-32(24)15-19-13-20(26)4-5-21(19)27/h3-6,9,12-14,16-17H,7-8,10-11,15H2,1-2H3. The molecule has 3 heterocycles. The zero-order chi connectivity index (χ0) is 23.8. The average Bonchev–Trinajstić information content (AvgIpc) is 3.47. The van der Waals surface area contributed by atoms with Crippen LogP contribution < -0.4 is 0 Å². The Morgan fingerprint density at radius 3 is 2.68 bits per heavy atom. The van der Waals surface area contributed by atoms with E-state index >= 15 is 0 Å². The Bertz CT molecular complexity index is 1340. The van der Waals surface area contributed by atoms with Crippen molar-refractivity contribution in [3.8, 4) is 0 Å². The zero-order valence-electron chi connectivity index (χ0n) is 19.2. The minimum absolute atomic E-state index is 0.0356. The maximum atomic E-state index is 13.2. The first-order valence-electron chi connectivity index (χ1n) is 11.5. The van der Waals surface area contributed by atoms with Crippen molar-refractivity contribution in [2.24, 2.45) is 0 Å². The van der Waals surface area contributed by atoms with E-state index in [0.717, 1.165) is 35.3 Å². The summed E-state index contributed by atoms with van der Waals surface area (Å²) in [5.41, 5.74) is 3.30. The van der Waals surface area contributed by atoms with Gasteiger partial charge in [0.05, 0.1) is 12.1 Å². The number of imidazole rings is 1. The highest BCUT2D eigenvalue weighted by molar-refractivity contribution is 6.33. The van der Waals surface area contributed by atoms with Crippen LogP contribution in [0.4, 0.5) is 0 Å². The number of likely N-dealkylation sites (tertiary alicyclic amines) is 1. The number of fused-ring (bicyclic) bond motifs is 1. The number of carbonyl (C=O) groups is 1. The smallest absolute Gasteiger partial charge is 0.253 e. The summed E-state index contributed by atoms with van der Waals surface area (Å²) in [4.78, 5) is 19.7. The highest BCUT2D eigenvalue weighted by Crippen LogP contribution is 2.30. The number of carbonyl (C=O) groups excluding carboxylic acids is 1. The predicted molar refractivity (Wildman–Crippen MR) is 134 cm³/mol. The molecule has 1 aliphatic heterocycles. The molecule has 0 radical (unpaired) electrons. The van der Waals surface area contributed by atoms with Crippen LogP contribution in [0.3, 0.4) is 0 Å². The molecule has 9 heteroatoms. The third kappa shape index (κ3) is 4.42. The molecule has 2 aromatic carbocycles. The van der Waals surface area contributed by atoms with E-state index < -0.39 is 0 Å². The van der Waals surface area contributed by atoms with Crippen LogP contribution in [0.2, 0.25) is 10.0 Å². The van der Waals surface area contributed by atoms with E-state index in [0.29, 0.717) is 35.2 Å². The van der Waals surface area contributed by atoms with Crippen molar-refractivity contribution in [2.45, 2.75) is 45.2 Å². The van der Waals surface area contributed by atoms with Gasteiger partial charge >= 0.3 is 0 Å². The Morgan fingerprint density at radius 2 is 1.91 bits per heavy atom. The van der Waals surface area contributed by atoms with Crippen molar-refractivity contribution in [3.63, 3.8) is 0 Å². The van der Waals surface area contributed by atoms with Gasteiger partial charge in [-0.15, -0.1) is 5.10 Å². The van der Waals surface area contributed by atoms with Gasteiger partial charge in [-0.1, -0.05) is 28.4 Å². The van der Waals surface area contributed by atoms with E-state index in [1.165, 1.54) is 0 Å². The Balaban J connectivity index is 1.27. The monoisotopic (exact) mass is 496 g/mol. The van der Waals surface area contributed by atoms with Gasteiger partial charge in [0, 0.05) is 53.1 Å². The van der Waals surface area contributed by atoms with Crippen molar-refractivity contribution in [1.82, 2.24) is 29.4 Å². The number of hydrogen-bond donors (Lipinski definition) is 0. The molecule has 1 aliphatic rings. The summed E-state index contributed by atoms with van der Waals surface area (Å²) < 4.78 is 4.00. The van der Waals surface area contributed by atoms with Gasteiger partial charge in [-0.05, 0) is 68.7 Å². The van der Waals surface area contributed by atoms with Gasteiger partial charge in [0.15, 0.2) is 0 Å². The van der Waals surface area contributed by atoms with Gasteiger partial charge in [-0.3, -0.25) is 4.79 Å². The van der Waals surface area contributed by atoms with E-state index in [4.69, 9.17) is 23.2 Å². The molecule has 0 N–H and O–H groups in total. The number of halogens is 2. The number of piperidine rings is 1. The molecule has 0 spiro atoms. The molecule has 0 bridgehead atoms. The van der Waals surface area contributed by atoms with Gasteiger partial charge in [0.2, 0.25) is 0 Å². The number of aromatic nitrogens is 5. The zero-order valence-corrected chi connectivity index (χ0v) is 20.7. The van der Waals surface area contributed by atoms with E-state index in [1.54, 1.807) is 6.07 Å². The highest BCUT2D eigenvalue weighted by Gasteiger charge is 2.27. The molecule has 0 atom stereocenters. The molecular formula is C25H26Cl2N6O. The minimum Gasteiger partial charge on any atom is -0.339 e. The van der Waals surface area contributed by atoms with Crippen molar-refractivity contribution < 1.29 is 4.79 Å². The first-order chi connectivity index (χ1) is 16.4. The van der Waals surface area contributed by atoms with Gasteiger partial charge in [0.25, 0.3) is 5.91 Å². The third-order valence-electron chi connectivity index (χ3n) is 6.45. The van der Waals surface area contributed by atoms with E-state index in [1.807, 2.05) is 52.3 Å². The molecule has 5 rings (SSSR count). The summed E-state index contributed by atoms with van der Waals surface area (Å²) in [6, 6.07) is 11.4. The first kappa shape index (κ1) is 22.9. The number of rotatable bonds is 5. The number of hydrogen-bond acceptors (Lipinski definition) is 4. The summed E-state index contributed by atoms with van der Waals surface area (Å²) in [5.74, 6) is 1.34. The highest BCUT2D eigenvalue weighted by atomic mass is 35.5. The lowest BCUT2D eigenvalue weighted by Gasteiger charge is -2.32. The molecule has 0 unspecified atom stereocenters. The molecule has 176 valence electrons. The number of benzene rings is 2. The molecule has 4 aromatic rings. The third-order valence-corrected chi connectivity index (χ3v) is 7.05. The predicted octanol–water partition coefficient (Wildman–Crippen LogP) is 5.58. The van der Waals surface area contributed by atoms with Crippen molar-refractivity contribution >= 4 is 40.1 Å². The largest absolute Gasteiger partial charge is 0.339 e. The average molecular weight is 497 g/mol. The fourth-order valence-electron chi connectivity index (χ4n) is 4.64. The Kier molecular flexibility index (Phi) is 6.32. The molecule has 2 aromatic heterocycles. The van der Waals surface area contributed by atoms with Crippen LogP contribution >= 0.6 is 23.2 Å². The molecule has 1 amide bonds. The van der Waals surface area contributed by atoms with Crippen LogP contribution in [0.5, 0.6) is 0 Å². The van der Waals surface area contributed by atoms with Gasteiger partial charge < -0.3 is 9.47 Å². The van der Waals surface area contributed by atoms with E-state index in [9.17, 15) is 4.79 Å². The molecule has 7 nitrogen and oxygen atoms in total. The van der Waals surface area contributed by atoms with Crippen molar-refractivity contribution in [3.05, 3.63) is 75.8 Å². The van der Waals surface area contributed by atoms with Gasteiger partial charge in [-0.25, -0.2) is 9.67 Å². The van der Waals surface area contributed by atoms with Crippen LogP contribution in [0.1, 0.15) is 60.4 Å². The fraction of sp³-hybridized carbons (Fsp3) is 0.360. The van der Waals surface area contributed by atoms with Crippen LogP contribution in [0.25, 0.3) is 11.0 Å². The maximum absolute atomic E-state index is 13.2. The molecule has 1 saturated heterocycles. The maximum Gasteiger partial charge on any atom is 0.253 e. The van der Waals surface area contributed by atoms with Crippen LogP contribution in [-0.4, -0.2) is 48.4 Å². The first-order valence-corrected chi connectivity index (χ1v) is 12.3. The Hall–Kier alpha value is -2.90. The summed E-state index contributed by atoms with van der Waals surface area (Å²) in [6.07, 6.45) is 5.52. The lowest BCUT2D eigenvalue weighted by Crippen LogP contribution is -2.38. The number of amides is 1. The van der Waals surface area contributed by atoms with Crippen LogP contribution in [-0.2, 0) is 6.54 Å². The Labute approximate surface area is 208 Å². The van der Waals surface area contributed by atoms with Crippen LogP contribution in [0.15, 0.2) is 48.8 Å². The second-order valence-electron chi connectivity index (χ2n) is 9.05. The van der Waals surface area contributed by atoms with Crippen molar-refractivity contribution in [1.29, 1.82) is 0 Å². The molecule has 34 heavy (non-hydrogen) atoms. The lowest BCUT2D eigenvalue weighted by molar-refractivity contribution is 0.0710. The van der Waals surface area contributed by atoms with Crippen molar-refractivity contribution in [2.75, 3.05) is 13.1 Å². The second kappa shape index (κ2) is 9.39. The summed E-state index contributed by atoms with van der Waals surface area (Å²) in [7, 11) is 0. The molecule has 0 aliphatic carbocycles. The number of nitrogens with zero attached hydrogens (tertiary/aromatic N) is 6. The molecule has 1 fully saturated rings. The minimum atomic E-state index is 0.0356. The molecule has 0 saturated carbocycles. The van der Waals surface area contributed by atoms with E-state index in [2.05, 4.69) is 33.7 Å². The van der Waals surface area contributed by atoms with Gasteiger partial charge in [0.1, 0.15) is 11.3 Å². The quantitative estimate of drug-likeness (QED) is 0.361. The fourth-order valence-corrected chi connectivity index (χ4v) is 5.01. The summed E-state index contributed by atoms with van der Waals surface area (Å²) >= 11 is 12.5. The lowest BCUT2D eigenvalue weighted by atomic mass is 9.95. The summed E-state index contributed by atoms with van der Waals surface area (Å²) in [6.45, 7) is 6.11. The Morgan fingerprint density at radius 1 is 1.12 bits per heavy atom. The second-order valence-corrected chi connectivity index (χ2v) is 9.89. The van der Waals surface area contributed by atoms with Crippen LogP contribution in [0, 0.1) is 0 Å². The SMILES string of the molecule is CC(C)n1nnc2cc(C(=O)N3CCC(c4nccn4Cc4cc(Cl)ccc4Cl)CC3)ccc21. The molecular weight excluding hydrogens is 471 g/mol. The normalized spacial score (nSPS) is 14.9. The van der Waals surface area contributed by atoms with E-state index in [-0.39, 0.29) is 17.9 Å². The van der Waals surface area contributed by atoms with Gasteiger partial charge in [-0.2, -0.15) is 0 Å².